The van der Waals surface area contributed by atoms with Gasteiger partial charge in [0.15, 0.2) is 0 Å². The first kappa shape index (κ1) is 21.9. The number of benzene rings is 2. The van der Waals surface area contributed by atoms with E-state index >= 15 is 0 Å². The minimum atomic E-state index is -3.78. The van der Waals surface area contributed by atoms with Crippen molar-refractivity contribution in [2.24, 2.45) is 5.14 Å². The molecule has 1 atom stereocenters. The molecule has 1 amide bonds. The molecule has 0 unspecified atom stereocenters. The monoisotopic (exact) mass is 446 g/mol. The van der Waals surface area contributed by atoms with Crippen LogP contribution in [0.25, 0.3) is 5.69 Å². The quantitative estimate of drug-likeness (QED) is 0.533. The first-order chi connectivity index (χ1) is 14.1. The number of hydrogen-bond acceptors (Lipinski definition) is 7. The van der Waals surface area contributed by atoms with E-state index in [4.69, 9.17) is 5.14 Å². The topological polar surface area (TPSA) is 133 Å². The van der Waals surface area contributed by atoms with E-state index in [2.05, 4.69) is 34.7 Å². The molecule has 0 aliphatic heterocycles. The minimum absolute atomic E-state index is 0.0226. The van der Waals surface area contributed by atoms with E-state index in [1.54, 1.807) is 11.6 Å². The lowest BCUT2D eigenvalue weighted by atomic mass is 10.0. The molecular weight excluding hydrogens is 424 g/mol. The van der Waals surface area contributed by atoms with Crippen LogP contribution in [0.1, 0.15) is 32.3 Å². The number of nitrogens with two attached hydrogens (primary N) is 1. The Morgan fingerprint density at radius 1 is 1.07 bits per heavy atom. The molecule has 3 rings (SSSR count). The van der Waals surface area contributed by atoms with E-state index in [0.29, 0.717) is 16.8 Å². The molecule has 1 aromatic heterocycles. The highest BCUT2D eigenvalue weighted by atomic mass is 32.2. The molecule has 0 spiro atoms. The average molecular weight is 447 g/mol. The van der Waals surface area contributed by atoms with Gasteiger partial charge in [0.1, 0.15) is 0 Å². The fourth-order valence-electron chi connectivity index (χ4n) is 2.60. The maximum Gasteiger partial charge on any atom is 0.238 e. The lowest BCUT2D eigenvalue weighted by molar-refractivity contribution is -0.115. The zero-order chi connectivity index (χ0) is 21.9. The van der Waals surface area contributed by atoms with Gasteiger partial charge in [-0.15, -0.1) is 5.10 Å². The van der Waals surface area contributed by atoms with Crippen molar-refractivity contribution < 1.29 is 13.2 Å². The van der Waals surface area contributed by atoms with Crippen molar-refractivity contribution in [1.29, 1.82) is 0 Å². The Kier molecular flexibility index (Phi) is 6.54. The molecule has 0 saturated heterocycles. The number of carbonyl (C=O) groups is 1. The Morgan fingerprint density at radius 2 is 1.70 bits per heavy atom. The molecule has 0 saturated carbocycles. The zero-order valence-electron chi connectivity index (χ0n) is 16.7. The van der Waals surface area contributed by atoms with Gasteiger partial charge in [-0.25, -0.2) is 13.6 Å². The van der Waals surface area contributed by atoms with E-state index in [9.17, 15) is 13.2 Å². The van der Waals surface area contributed by atoms with Crippen LogP contribution in [0.5, 0.6) is 0 Å². The van der Waals surface area contributed by atoms with Crippen molar-refractivity contribution in [2.45, 2.75) is 42.0 Å². The number of carbonyl (C=O) groups excluding carboxylic acids is 1. The molecule has 11 heteroatoms. The third-order valence-corrected chi connectivity index (χ3v) is 6.31. The summed E-state index contributed by atoms with van der Waals surface area (Å²) in [6.45, 7) is 5.98. The van der Waals surface area contributed by atoms with Crippen molar-refractivity contribution in [1.82, 2.24) is 20.2 Å². The van der Waals surface area contributed by atoms with E-state index in [1.165, 1.54) is 41.6 Å². The van der Waals surface area contributed by atoms with Gasteiger partial charge in [-0.1, -0.05) is 37.7 Å². The first-order valence-electron chi connectivity index (χ1n) is 9.14. The number of aromatic nitrogens is 4. The summed E-state index contributed by atoms with van der Waals surface area (Å²) in [6, 6.07) is 13.6. The highest BCUT2D eigenvalue weighted by Crippen LogP contribution is 2.25. The standard InChI is InChI=1S/C19H22N6O3S2/c1-12(2)14-4-8-16(9-5-14)25-19(22-23-24-25)29-13(3)18(26)21-15-6-10-17(11-7-15)30(20,27)28/h4-13H,1-3H3,(H,21,26)(H2,20,27,28)/t13-/m1/s1. The van der Waals surface area contributed by atoms with Crippen LogP contribution in [-0.2, 0) is 14.8 Å². The Labute approximate surface area is 179 Å². The highest BCUT2D eigenvalue weighted by molar-refractivity contribution is 8.00. The molecule has 30 heavy (non-hydrogen) atoms. The summed E-state index contributed by atoms with van der Waals surface area (Å²) in [5.74, 6) is 0.151. The molecule has 158 valence electrons. The van der Waals surface area contributed by atoms with Gasteiger partial charge in [0, 0.05) is 5.69 Å². The summed E-state index contributed by atoms with van der Waals surface area (Å²) >= 11 is 1.22. The van der Waals surface area contributed by atoms with Crippen molar-refractivity contribution in [2.75, 3.05) is 5.32 Å². The van der Waals surface area contributed by atoms with Crippen molar-refractivity contribution in [3.63, 3.8) is 0 Å². The van der Waals surface area contributed by atoms with Gasteiger partial charge in [-0.05, 0) is 65.2 Å². The fraction of sp³-hybridized carbons (Fsp3) is 0.263. The van der Waals surface area contributed by atoms with Gasteiger partial charge in [0.05, 0.1) is 15.8 Å². The maximum absolute atomic E-state index is 12.5. The molecule has 0 radical (unpaired) electrons. The van der Waals surface area contributed by atoms with Gasteiger partial charge in [0.2, 0.25) is 21.1 Å². The molecule has 2 aromatic carbocycles. The molecular formula is C19H22N6O3S2. The van der Waals surface area contributed by atoms with Crippen LogP contribution in [-0.4, -0.2) is 39.8 Å². The van der Waals surface area contributed by atoms with Gasteiger partial charge < -0.3 is 5.32 Å². The predicted molar refractivity (Wildman–Crippen MR) is 115 cm³/mol. The molecule has 9 nitrogen and oxygen atoms in total. The van der Waals surface area contributed by atoms with Crippen LogP contribution in [0.2, 0.25) is 0 Å². The Hall–Kier alpha value is -2.76. The molecule has 0 bridgehead atoms. The SMILES string of the molecule is CC(C)c1ccc(-n2nnnc2S[C@H](C)C(=O)Nc2ccc(S(N)(=O)=O)cc2)cc1. The van der Waals surface area contributed by atoms with Crippen LogP contribution in [0.15, 0.2) is 58.6 Å². The summed E-state index contributed by atoms with van der Waals surface area (Å²) < 4.78 is 24.2. The van der Waals surface area contributed by atoms with Crippen molar-refractivity contribution in [3.05, 3.63) is 54.1 Å². The summed E-state index contributed by atoms with van der Waals surface area (Å²) in [4.78, 5) is 12.5. The molecule has 3 aromatic rings. The number of amides is 1. The first-order valence-corrected chi connectivity index (χ1v) is 11.6. The third kappa shape index (κ3) is 5.23. The Bertz CT molecular complexity index is 1130. The largest absolute Gasteiger partial charge is 0.325 e. The fourth-order valence-corrected chi connectivity index (χ4v) is 3.92. The normalized spacial score (nSPS) is 12.7. The van der Waals surface area contributed by atoms with Gasteiger partial charge in [-0.2, -0.15) is 4.68 Å². The highest BCUT2D eigenvalue weighted by Gasteiger charge is 2.20. The number of rotatable bonds is 7. The van der Waals surface area contributed by atoms with E-state index in [-0.39, 0.29) is 10.8 Å². The maximum atomic E-state index is 12.5. The average Bonchev–Trinajstić information content (AvgIpc) is 3.15. The predicted octanol–water partition coefficient (Wildman–Crippen LogP) is 2.55. The van der Waals surface area contributed by atoms with Crippen molar-refractivity contribution >= 4 is 33.4 Å². The van der Waals surface area contributed by atoms with Crippen LogP contribution in [0.3, 0.4) is 0 Å². The van der Waals surface area contributed by atoms with Crippen LogP contribution in [0, 0.1) is 0 Å². The molecule has 0 aliphatic carbocycles. The summed E-state index contributed by atoms with van der Waals surface area (Å²) in [5.41, 5.74) is 2.48. The lowest BCUT2D eigenvalue weighted by Gasteiger charge is -2.12. The molecule has 0 aliphatic rings. The number of thioether (sulfide) groups is 1. The summed E-state index contributed by atoms with van der Waals surface area (Å²) in [5, 5.41) is 19.6. The second kappa shape index (κ2) is 8.94. The third-order valence-electron chi connectivity index (χ3n) is 4.35. The Balaban J connectivity index is 1.68. The summed E-state index contributed by atoms with van der Waals surface area (Å²) in [6.07, 6.45) is 0. The van der Waals surface area contributed by atoms with E-state index in [0.717, 1.165) is 5.69 Å². The number of anilines is 1. The van der Waals surface area contributed by atoms with Gasteiger partial charge in [-0.3, -0.25) is 4.79 Å². The Morgan fingerprint density at radius 3 is 2.27 bits per heavy atom. The van der Waals surface area contributed by atoms with Crippen LogP contribution < -0.4 is 10.5 Å². The lowest BCUT2D eigenvalue weighted by Crippen LogP contribution is -2.23. The van der Waals surface area contributed by atoms with Crippen LogP contribution >= 0.6 is 11.8 Å². The molecule has 1 heterocycles. The smallest absolute Gasteiger partial charge is 0.238 e. The van der Waals surface area contributed by atoms with Gasteiger partial charge in [0.25, 0.3) is 0 Å². The van der Waals surface area contributed by atoms with Gasteiger partial charge >= 0.3 is 0 Å². The minimum Gasteiger partial charge on any atom is -0.325 e. The van der Waals surface area contributed by atoms with E-state index in [1.807, 2.05) is 24.3 Å². The number of hydrogen-bond donors (Lipinski definition) is 2. The second-order valence-corrected chi connectivity index (χ2v) is 9.81. The molecule has 3 N–H and O–H groups in total. The van der Waals surface area contributed by atoms with Crippen LogP contribution in [0.4, 0.5) is 5.69 Å². The molecule has 0 fully saturated rings. The number of primary sulfonamides is 1. The number of nitrogens with one attached hydrogen (secondary N) is 1. The second-order valence-electron chi connectivity index (χ2n) is 6.94. The number of sulfonamides is 1. The zero-order valence-corrected chi connectivity index (χ0v) is 18.3. The summed E-state index contributed by atoms with van der Waals surface area (Å²) in [7, 11) is -3.78. The number of nitrogens with zero attached hydrogens (tertiary/aromatic N) is 4. The van der Waals surface area contributed by atoms with E-state index < -0.39 is 15.3 Å². The van der Waals surface area contributed by atoms with Crippen molar-refractivity contribution in [3.8, 4) is 5.69 Å². The number of tetrazole rings is 1.